The van der Waals surface area contributed by atoms with Gasteiger partial charge >= 0.3 is 5.97 Å². The van der Waals surface area contributed by atoms with Crippen LogP contribution in [0, 0.1) is 0 Å². The lowest BCUT2D eigenvalue weighted by molar-refractivity contribution is -0.139. The Morgan fingerprint density at radius 1 is 1.71 bits per heavy atom. The van der Waals surface area contributed by atoms with Crippen molar-refractivity contribution in [2.75, 3.05) is 12.8 Å². The average Bonchev–Trinajstić information content (AvgIpc) is 2.20. The lowest BCUT2D eigenvalue weighted by atomic mass is 10.2. The van der Waals surface area contributed by atoms with Gasteiger partial charge in [-0.05, 0) is 6.07 Å². The van der Waals surface area contributed by atoms with E-state index < -0.39 is 0 Å². The smallest absolute Gasteiger partial charge is 0.309 e. The van der Waals surface area contributed by atoms with Crippen LogP contribution >= 0.6 is 0 Å². The molecule has 4 nitrogen and oxygen atoms in total. The third-order valence-corrected chi connectivity index (χ3v) is 1.70. The molecule has 14 heavy (non-hydrogen) atoms. The molecule has 0 aliphatic rings. The van der Waals surface area contributed by atoms with E-state index in [0.29, 0.717) is 5.69 Å². The van der Waals surface area contributed by atoms with E-state index in [1.165, 1.54) is 7.11 Å². The van der Waals surface area contributed by atoms with Crippen LogP contribution in [0.25, 0.3) is 6.08 Å². The van der Waals surface area contributed by atoms with Crippen molar-refractivity contribution < 1.29 is 9.53 Å². The van der Waals surface area contributed by atoms with E-state index in [2.05, 4.69) is 9.72 Å². The molecule has 0 spiro atoms. The largest absolute Gasteiger partial charge is 0.469 e. The zero-order valence-corrected chi connectivity index (χ0v) is 7.93. The highest BCUT2D eigenvalue weighted by atomic mass is 16.5. The molecule has 1 aromatic heterocycles. The van der Waals surface area contributed by atoms with E-state index in [9.17, 15) is 4.79 Å². The highest BCUT2D eigenvalue weighted by Gasteiger charge is 1.95. The fourth-order valence-electron chi connectivity index (χ4n) is 0.935. The molecule has 74 valence electrons. The zero-order valence-electron chi connectivity index (χ0n) is 7.93. The summed E-state index contributed by atoms with van der Waals surface area (Å²) in [5, 5.41) is 0. The van der Waals surface area contributed by atoms with Crippen molar-refractivity contribution in [2.24, 2.45) is 0 Å². The van der Waals surface area contributed by atoms with E-state index in [1.54, 1.807) is 30.6 Å². The summed E-state index contributed by atoms with van der Waals surface area (Å²) >= 11 is 0. The van der Waals surface area contributed by atoms with E-state index in [-0.39, 0.29) is 12.4 Å². The summed E-state index contributed by atoms with van der Waals surface area (Å²) in [4.78, 5) is 14.6. The molecule has 0 aliphatic heterocycles. The Morgan fingerprint density at radius 2 is 2.50 bits per heavy atom. The summed E-state index contributed by atoms with van der Waals surface area (Å²) in [6.45, 7) is 0. The van der Waals surface area contributed by atoms with Crippen molar-refractivity contribution in [3.8, 4) is 0 Å². The van der Waals surface area contributed by atoms with Crippen LogP contribution in [0.4, 0.5) is 5.69 Å². The molecule has 1 heterocycles. The van der Waals surface area contributed by atoms with Crippen LogP contribution in [0.1, 0.15) is 12.0 Å². The summed E-state index contributed by atoms with van der Waals surface area (Å²) < 4.78 is 4.48. The third-order valence-electron chi connectivity index (χ3n) is 1.70. The maximum absolute atomic E-state index is 10.8. The molecule has 1 rings (SSSR count). The zero-order chi connectivity index (χ0) is 10.4. The van der Waals surface area contributed by atoms with Gasteiger partial charge < -0.3 is 10.5 Å². The number of nitrogens with zero attached hydrogens (tertiary/aromatic N) is 1. The van der Waals surface area contributed by atoms with Crippen LogP contribution in [0.3, 0.4) is 0 Å². The molecule has 0 unspecified atom stereocenters. The van der Waals surface area contributed by atoms with E-state index in [0.717, 1.165) is 5.56 Å². The molecule has 0 aliphatic carbocycles. The fraction of sp³-hybridized carbons (Fsp3) is 0.200. The molecular formula is C10H12N2O2. The molecule has 0 saturated carbocycles. The Morgan fingerprint density at radius 3 is 3.14 bits per heavy atom. The minimum absolute atomic E-state index is 0.248. The molecule has 2 N–H and O–H groups in total. The number of nitrogens with two attached hydrogens (primary N) is 1. The molecule has 0 saturated heterocycles. The number of rotatable bonds is 3. The summed E-state index contributed by atoms with van der Waals surface area (Å²) in [6, 6.07) is 1.78. The number of methoxy groups -OCH3 is 1. The summed E-state index contributed by atoms with van der Waals surface area (Å²) in [7, 11) is 1.36. The monoisotopic (exact) mass is 192 g/mol. The number of pyridine rings is 1. The Hall–Kier alpha value is -1.84. The number of hydrogen-bond donors (Lipinski definition) is 1. The second-order valence-corrected chi connectivity index (χ2v) is 2.69. The highest BCUT2D eigenvalue weighted by Crippen LogP contribution is 2.10. The number of nitrogen functional groups attached to an aromatic ring is 1. The van der Waals surface area contributed by atoms with Gasteiger partial charge in [0, 0.05) is 11.8 Å². The number of carbonyl (C=O) groups is 1. The lowest BCUT2D eigenvalue weighted by Crippen LogP contribution is -1.96. The Balaban J connectivity index is 2.60. The van der Waals surface area contributed by atoms with Gasteiger partial charge in [0.2, 0.25) is 0 Å². The van der Waals surface area contributed by atoms with Gasteiger partial charge in [-0.3, -0.25) is 9.78 Å². The fourth-order valence-corrected chi connectivity index (χ4v) is 0.935. The van der Waals surface area contributed by atoms with Crippen LogP contribution in [-0.2, 0) is 9.53 Å². The van der Waals surface area contributed by atoms with Crippen molar-refractivity contribution in [1.29, 1.82) is 0 Å². The Labute approximate surface area is 82.4 Å². The van der Waals surface area contributed by atoms with Crippen LogP contribution in [-0.4, -0.2) is 18.1 Å². The molecule has 0 bridgehead atoms. The lowest BCUT2D eigenvalue weighted by Gasteiger charge is -1.97. The van der Waals surface area contributed by atoms with Crippen LogP contribution in [0.2, 0.25) is 0 Å². The Kier molecular flexibility index (Phi) is 3.67. The molecular weight excluding hydrogens is 180 g/mol. The van der Waals surface area contributed by atoms with Crippen molar-refractivity contribution in [3.05, 3.63) is 30.1 Å². The van der Waals surface area contributed by atoms with Crippen molar-refractivity contribution in [2.45, 2.75) is 6.42 Å². The van der Waals surface area contributed by atoms with E-state index in [1.807, 2.05) is 0 Å². The SMILES string of the molecule is COC(=O)CC=Cc1ccncc1N. The molecule has 0 aromatic carbocycles. The minimum atomic E-state index is -0.270. The second kappa shape index (κ2) is 5.01. The topological polar surface area (TPSA) is 65.2 Å². The van der Waals surface area contributed by atoms with Gasteiger partial charge in [-0.15, -0.1) is 0 Å². The highest BCUT2D eigenvalue weighted by molar-refractivity contribution is 5.73. The van der Waals surface area contributed by atoms with Crippen LogP contribution in [0.5, 0.6) is 0 Å². The van der Waals surface area contributed by atoms with Gasteiger partial charge in [0.05, 0.1) is 25.4 Å². The number of hydrogen-bond acceptors (Lipinski definition) is 4. The van der Waals surface area contributed by atoms with Gasteiger partial charge in [0.25, 0.3) is 0 Å². The van der Waals surface area contributed by atoms with Gasteiger partial charge in [-0.2, -0.15) is 0 Å². The van der Waals surface area contributed by atoms with Crippen molar-refractivity contribution in [1.82, 2.24) is 4.98 Å². The molecule has 0 fully saturated rings. The first-order valence-electron chi connectivity index (χ1n) is 4.17. The van der Waals surface area contributed by atoms with E-state index in [4.69, 9.17) is 5.73 Å². The maximum Gasteiger partial charge on any atom is 0.309 e. The summed E-state index contributed by atoms with van der Waals surface area (Å²) in [5.74, 6) is -0.270. The molecule has 0 amide bonds. The van der Waals surface area contributed by atoms with Gasteiger partial charge in [-0.25, -0.2) is 0 Å². The first-order valence-corrected chi connectivity index (χ1v) is 4.17. The van der Waals surface area contributed by atoms with Crippen LogP contribution in [0.15, 0.2) is 24.5 Å². The van der Waals surface area contributed by atoms with Gasteiger partial charge in [0.1, 0.15) is 0 Å². The number of esters is 1. The normalized spacial score (nSPS) is 10.4. The third kappa shape index (κ3) is 2.90. The van der Waals surface area contributed by atoms with Gasteiger partial charge in [-0.1, -0.05) is 12.2 Å². The molecule has 0 atom stereocenters. The number of anilines is 1. The molecule has 1 aromatic rings. The van der Waals surface area contributed by atoms with E-state index >= 15 is 0 Å². The quantitative estimate of drug-likeness (QED) is 0.732. The van der Waals surface area contributed by atoms with Crippen molar-refractivity contribution in [3.63, 3.8) is 0 Å². The van der Waals surface area contributed by atoms with Crippen molar-refractivity contribution >= 4 is 17.7 Å². The predicted octanol–water partition coefficient (Wildman–Crippen LogP) is 1.24. The molecule has 4 heteroatoms. The second-order valence-electron chi connectivity index (χ2n) is 2.69. The standard InChI is InChI=1S/C10H12N2O2/c1-14-10(13)4-2-3-8-5-6-12-7-9(8)11/h2-3,5-7H,4,11H2,1H3. The summed E-state index contributed by atoms with van der Waals surface area (Å²) in [6.07, 6.45) is 6.94. The predicted molar refractivity (Wildman–Crippen MR) is 54.3 cm³/mol. The van der Waals surface area contributed by atoms with Gasteiger partial charge in [0.15, 0.2) is 0 Å². The molecule has 0 radical (unpaired) electrons. The minimum Gasteiger partial charge on any atom is -0.469 e. The number of ether oxygens (including phenoxy) is 1. The first kappa shape index (κ1) is 10.2. The first-order chi connectivity index (χ1) is 6.74. The Bertz CT molecular complexity index is 348. The number of carbonyl (C=O) groups excluding carboxylic acids is 1. The maximum atomic E-state index is 10.8. The summed E-state index contributed by atoms with van der Waals surface area (Å²) in [5.41, 5.74) is 7.08. The average molecular weight is 192 g/mol. The number of aromatic nitrogens is 1. The van der Waals surface area contributed by atoms with Crippen LogP contribution < -0.4 is 5.73 Å².